The zero-order valence-electron chi connectivity index (χ0n) is 9.71. The summed E-state index contributed by atoms with van der Waals surface area (Å²) >= 11 is 6.13. The predicted octanol–water partition coefficient (Wildman–Crippen LogP) is 3.78. The summed E-state index contributed by atoms with van der Waals surface area (Å²) in [5.41, 5.74) is 0. The van der Waals surface area contributed by atoms with Crippen LogP contribution in [0.5, 0.6) is 0 Å². The van der Waals surface area contributed by atoms with E-state index in [4.69, 9.17) is 0 Å². The minimum absolute atomic E-state index is 0.201. The lowest BCUT2D eigenvalue weighted by Crippen LogP contribution is -2.38. The number of hydrogen-bond donors (Lipinski definition) is 0. The van der Waals surface area contributed by atoms with Crippen molar-refractivity contribution >= 4 is 41.9 Å². The fourth-order valence-electron chi connectivity index (χ4n) is 1.38. The highest BCUT2D eigenvalue weighted by Crippen LogP contribution is 2.29. The molecule has 108 valence electrons. The monoisotopic (exact) mass is 423 g/mol. The van der Waals surface area contributed by atoms with E-state index in [1.54, 1.807) is 6.07 Å². The molecule has 19 heavy (non-hydrogen) atoms. The third-order valence-corrected chi connectivity index (χ3v) is 5.63. The van der Waals surface area contributed by atoms with Crippen molar-refractivity contribution in [3.8, 4) is 0 Å². The number of halogens is 5. The second-order valence-electron chi connectivity index (χ2n) is 3.62. The molecule has 1 aromatic rings. The van der Waals surface area contributed by atoms with Crippen molar-refractivity contribution in [1.82, 2.24) is 4.31 Å². The summed E-state index contributed by atoms with van der Waals surface area (Å²) in [5.74, 6) is 0. The van der Waals surface area contributed by atoms with Crippen molar-refractivity contribution in [2.24, 2.45) is 0 Å². The highest BCUT2D eigenvalue weighted by atomic mass is 79.9. The molecule has 0 heterocycles. The summed E-state index contributed by atoms with van der Waals surface area (Å²) < 4.78 is 62.6. The van der Waals surface area contributed by atoms with Crippen LogP contribution in [0.2, 0.25) is 0 Å². The Morgan fingerprint density at radius 1 is 1.26 bits per heavy atom. The van der Waals surface area contributed by atoms with E-state index in [-0.39, 0.29) is 15.9 Å². The SMILES string of the molecule is CCN(CC(F)(F)F)S(=O)(=O)c1cc(Br)ccc1Br. The highest BCUT2D eigenvalue weighted by molar-refractivity contribution is 9.11. The molecule has 0 saturated heterocycles. The summed E-state index contributed by atoms with van der Waals surface area (Å²) in [5, 5.41) is 0. The van der Waals surface area contributed by atoms with Crippen LogP contribution in [0.25, 0.3) is 0 Å². The van der Waals surface area contributed by atoms with Crippen LogP contribution in [-0.4, -0.2) is 32.0 Å². The summed E-state index contributed by atoms with van der Waals surface area (Å²) in [6.45, 7) is -0.416. The maximum Gasteiger partial charge on any atom is 0.402 e. The number of hydrogen-bond acceptors (Lipinski definition) is 2. The number of benzene rings is 1. The molecule has 0 aliphatic heterocycles. The standard InChI is InChI=1S/C10H10Br2F3NO2S/c1-2-16(6-10(13,14)15)19(17,18)9-5-7(11)3-4-8(9)12/h3-5H,2,6H2,1H3. The van der Waals surface area contributed by atoms with Crippen molar-refractivity contribution in [2.45, 2.75) is 18.0 Å². The van der Waals surface area contributed by atoms with Gasteiger partial charge in [-0.3, -0.25) is 0 Å². The second-order valence-corrected chi connectivity index (χ2v) is 7.30. The van der Waals surface area contributed by atoms with E-state index in [0.29, 0.717) is 8.78 Å². The minimum atomic E-state index is -4.58. The van der Waals surface area contributed by atoms with Gasteiger partial charge in [0.15, 0.2) is 0 Å². The molecule has 0 radical (unpaired) electrons. The Kier molecular flexibility index (Phi) is 5.44. The van der Waals surface area contributed by atoms with Gasteiger partial charge in [0.1, 0.15) is 6.54 Å². The van der Waals surface area contributed by atoms with Crippen molar-refractivity contribution in [1.29, 1.82) is 0 Å². The summed E-state index contributed by atoms with van der Waals surface area (Å²) in [7, 11) is -4.20. The fourth-order valence-corrected chi connectivity index (χ4v) is 4.28. The fraction of sp³-hybridized carbons (Fsp3) is 0.400. The average molecular weight is 425 g/mol. The van der Waals surface area contributed by atoms with Gasteiger partial charge >= 0.3 is 6.18 Å². The number of rotatable bonds is 4. The molecule has 0 aromatic heterocycles. The van der Waals surface area contributed by atoms with Gasteiger partial charge in [0, 0.05) is 15.5 Å². The van der Waals surface area contributed by atoms with E-state index in [9.17, 15) is 21.6 Å². The number of sulfonamides is 1. The Morgan fingerprint density at radius 2 is 1.84 bits per heavy atom. The van der Waals surface area contributed by atoms with E-state index < -0.39 is 22.7 Å². The van der Waals surface area contributed by atoms with Gasteiger partial charge in [-0.15, -0.1) is 0 Å². The van der Waals surface area contributed by atoms with Gasteiger partial charge in [-0.2, -0.15) is 17.5 Å². The molecule has 0 N–H and O–H groups in total. The molecule has 0 unspecified atom stereocenters. The molecule has 0 aliphatic carbocycles. The Morgan fingerprint density at radius 3 is 2.32 bits per heavy atom. The van der Waals surface area contributed by atoms with Crippen LogP contribution in [0.4, 0.5) is 13.2 Å². The van der Waals surface area contributed by atoms with E-state index in [2.05, 4.69) is 31.9 Å². The maximum absolute atomic E-state index is 12.4. The Labute approximate surface area is 126 Å². The molecule has 0 fully saturated rings. The summed E-state index contributed by atoms with van der Waals surface area (Å²) in [6.07, 6.45) is -4.58. The molecule has 0 saturated carbocycles. The van der Waals surface area contributed by atoms with Gasteiger partial charge in [-0.05, 0) is 34.1 Å². The van der Waals surface area contributed by atoms with Gasteiger partial charge in [-0.25, -0.2) is 8.42 Å². The van der Waals surface area contributed by atoms with Crippen LogP contribution in [0.1, 0.15) is 6.92 Å². The number of alkyl halides is 3. The third-order valence-electron chi connectivity index (χ3n) is 2.22. The smallest absolute Gasteiger partial charge is 0.207 e. The van der Waals surface area contributed by atoms with Crippen LogP contribution in [0.15, 0.2) is 32.0 Å². The highest BCUT2D eigenvalue weighted by Gasteiger charge is 2.36. The Bertz CT molecular complexity index is 560. The second kappa shape index (κ2) is 6.11. The molecule has 3 nitrogen and oxygen atoms in total. The molecular formula is C10H10Br2F3NO2S. The predicted molar refractivity (Wildman–Crippen MR) is 72.3 cm³/mol. The first-order chi connectivity index (χ1) is 8.58. The number of nitrogens with zero attached hydrogens (tertiary/aromatic N) is 1. The van der Waals surface area contributed by atoms with Crippen LogP contribution < -0.4 is 0 Å². The molecule has 0 aliphatic rings. The van der Waals surface area contributed by atoms with E-state index in [1.807, 2.05) is 0 Å². The first-order valence-electron chi connectivity index (χ1n) is 5.10. The first-order valence-corrected chi connectivity index (χ1v) is 8.12. The molecule has 9 heteroatoms. The van der Waals surface area contributed by atoms with E-state index in [1.165, 1.54) is 19.1 Å². The third kappa shape index (κ3) is 4.44. The van der Waals surface area contributed by atoms with Crippen LogP contribution in [-0.2, 0) is 10.0 Å². The summed E-state index contributed by atoms with van der Waals surface area (Å²) in [6, 6.07) is 4.31. The first kappa shape index (κ1) is 16.9. The zero-order chi connectivity index (χ0) is 14.8. The minimum Gasteiger partial charge on any atom is -0.207 e. The largest absolute Gasteiger partial charge is 0.402 e. The van der Waals surface area contributed by atoms with E-state index in [0.717, 1.165) is 0 Å². The van der Waals surface area contributed by atoms with E-state index >= 15 is 0 Å². The lowest BCUT2D eigenvalue weighted by Gasteiger charge is -2.22. The van der Waals surface area contributed by atoms with Crippen molar-refractivity contribution in [3.05, 3.63) is 27.1 Å². The summed E-state index contributed by atoms with van der Waals surface area (Å²) in [4.78, 5) is -0.201. The van der Waals surface area contributed by atoms with Gasteiger partial charge in [-0.1, -0.05) is 22.9 Å². The van der Waals surface area contributed by atoms with Gasteiger partial charge in [0.05, 0.1) is 4.90 Å². The molecule has 0 atom stereocenters. The Hall–Kier alpha value is -0.120. The average Bonchev–Trinajstić information content (AvgIpc) is 2.27. The van der Waals surface area contributed by atoms with Gasteiger partial charge in [0.2, 0.25) is 10.0 Å². The van der Waals surface area contributed by atoms with Crippen LogP contribution in [0.3, 0.4) is 0 Å². The maximum atomic E-state index is 12.4. The zero-order valence-corrected chi connectivity index (χ0v) is 13.7. The Balaban J connectivity index is 3.25. The topological polar surface area (TPSA) is 37.4 Å². The lowest BCUT2D eigenvalue weighted by atomic mass is 10.4. The molecule has 1 rings (SSSR count). The lowest BCUT2D eigenvalue weighted by molar-refractivity contribution is -0.135. The van der Waals surface area contributed by atoms with Crippen molar-refractivity contribution in [2.75, 3.05) is 13.1 Å². The van der Waals surface area contributed by atoms with Crippen molar-refractivity contribution in [3.63, 3.8) is 0 Å². The molecule has 1 aromatic carbocycles. The molecular weight excluding hydrogens is 415 g/mol. The van der Waals surface area contributed by atoms with Crippen LogP contribution >= 0.6 is 31.9 Å². The molecule has 0 amide bonds. The van der Waals surface area contributed by atoms with Crippen molar-refractivity contribution < 1.29 is 21.6 Å². The quantitative estimate of drug-likeness (QED) is 0.737. The van der Waals surface area contributed by atoms with Gasteiger partial charge < -0.3 is 0 Å². The molecule has 0 bridgehead atoms. The van der Waals surface area contributed by atoms with Crippen LogP contribution in [0, 0.1) is 0 Å². The van der Waals surface area contributed by atoms with Gasteiger partial charge in [0.25, 0.3) is 0 Å². The normalized spacial score (nSPS) is 13.0. The molecule has 0 spiro atoms.